The van der Waals surface area contributed by atoms with Gasteiger partial charge in [-0.2, -0.15) is 0 Å². The molecule has 0 radical (unpaired) electrons. The number of hydrogen-bond donors (Lipinski definition) is 0. The molecule has 0 spiro atoms. The number of alkyl halides is 1. The maximum atomic E-state index is 5.39. The molecule has 0 aromatic rings. The van der Waals surface area contributed by atoms with Gasteiger partial charge in [0.25, 0.3) is 0 Å². The van der Waals surface area contributed by atoms with E-state index in [0.717, 1.165) is 12.2 Å². The third-order valence-electron chi connectivity index (χ3n) is 0.500. The second kappa shape index (κ2) is 7.20. The summed E-state index contributed by atoms with van der Waals surface area (Å²) >= 11 is 6.98. The molecule has 2 heteroatoms. The monoisotopic (exact) mass is 148 g/mol. The Morgan fingerprint density at radius 2 is 2.38 bits per heavy atom. The van der Waals surface area contributed by atoms with Crippen LogP contribution in [0.1, 0.15) is 13.3 Å². The highest BCUT2D eigenvalue weighted by atomic mass is 35.5. The average molecular weight is 149 g/mol. The van der Waals surface area contributed by atoms with Gasteiger partial charge < -0.3 is 0 Å². The van der Waals surface area contributed by atoms with Crippen LogP contribution in [0.4, 0.5) is 0 Å². The van der Waals surface area contributed by atoms with Gasteiger partial charge in [0.15, 0.2) is 0 Å². The Hall–Kier alpha value is 0.200. The second-order valence-electron chi connectivity index (χ2n) is 1.17. The topological polar surface area (TPSA) is 0 Å². The van der Waals surface area contributed by atoms with Crippen LogP contribution >= 0.6 is 23.4 Å². The van der Waals surface area contributed by atoms with Crippen molar-refractivity contribution < 1.29 is 0 Å². The molecule has 0 fully saturated rings. The zero-order valence-corrected chi connectivity index (χ0v) is 6.48. The number of rotatable bonds is 2. The maximum Gasteiger partial charge on any atom is 0.0323 e. The van der Waals surface area contributed by atoms with Crippen molar-refractivity contribution in [1.82, 2.24) is 0 Å². The molecule has 0 saturated heterocycles. The summed E-state index contributed by atoms with van der Waals surface area (Å²) in [5, 5.41) is 2.92. The van der Waals surface area contributed by atoms with E-state index in [1.54, 1.807) is 11.8 Å². The molecule has 0 aliphatic carbocycles. The quantitative estimate of drug-likeness (QED) is 0.329. The van der Waals surface area contributed by atoms with Gasteiger partial charge in [0.1, 0.15) is 0 Å². The summed E-state index contributed by atoms with van der Waals surface area (Å²) in [6.07, 6.45) is 0.940. The molecule has 0 saturated carbocycles. The van der Waals surface area contributed by atoms with Crippen LogP contribution in [0.3, 0.4) is 0 Å². The van der Waals surface area contributed by atoms with Crippen LogP contribution in [0.2, 0.25) is 0 Å². The highest BCUT2D eigenvalue weighted by Gasteiger charge is 1.75. The normalized spacial score (nSPS) is 7.75. The van der Waals surface area contributed by atoms with Gasteiger partial charge in [0, 0.05) is 18.1 Å². The molecule has 0 amide bonds. The van der Waals surface area contributed by atoms with Gasteiger partial charge in [-0.15, -0.1) is 11.6 Å². The molecule has 0 aromatic heterocycles. The van der Waals surface area contributed by atoms with Gasteiger partial charge in [-0.25, -0.2) is 0 Å². The predicted octanol–water partition coefficient (Wildman–Crippen LogP) is 2.33. The Morgan fingerprint density at radius 1 is 1.62 bits per heavy atom. The molecule has 0 nitrogen and oxygen atoms in total. The predicted molar refractivity (Wildman–Crippen MR) is 41.2 cm³/mol. The average Bonchev–Trinajstić information content (AvgIpc) is 1.81. The van der Waals surface area contributed by atoms with Crippen molar-refractivity contribution in [2.45, 2.75) is 13.3 Å². The summed E-state index contributed by atoms with van der Waals surface area (Å²) in [5.41, 5.74) is 0. The van der Waals surface area contributed by atoms with Crippen molar-refractivity contribution >= 4 is 23.4 Å². The Morgan fingerprint density at radius 3 is 2.88 bits per heavy atom. The molecular weight excluding hydrogens is 140 g/mol. The first-order chi connectivity index (χ1) is 3.91. The first kappa shape index (κ1) is 8.20. The van der Waals surface area contributed by atoms with Gasteiger partial charge in [0.2, 0.25) is 0 Å². The molecule has 0 N–H and O–H groups in total. The molecule has 0 rings (SSSR count). The van der Waals surface area contributed by atoms with Crippen LogP contribution in [0.15, 0.2) is 0 Å². The summed E-state index contributed by atoms with van der Waals surface area (Å²) in [6.45, 7) is 2.04. The van der Waals surface area contributed by atoms with Gasteiger partial charge in [-0.05, 0) is 5.25 Å². The molecule has 0 heterocycles. The maximum absolute atomic E-state index is 5.39. The third kappa shape index (κ3) is 6.20. The summed E-state index contributed by atoms with van der Waals surface area (Å²) in [4.78, 5) is 0. The van der Waals surface area contributed by atoms with E-state index in [1.807, 2.05) is 6.92 Å². The minimum Gasteiger partial charge on any atom is -0.126 e. The molecule has 0 aliphatic rings. The van der Waals surface area contributed by atoms with Crippen LogP contribution in [0, 0.1) is 11.2 Å². The van der Waals surface area contributed by atoms with Crippen molar-refractivity contribution in [2.24, 2.45) is 0 Å². The van der Waals surface area contributed by atoms with Crippen LogP contribution in [0.25, 0.3) is 0 Å². The lowest BCUT2D eigenvalue weighted by atomic mass is 10.5. The van der Waals surface area contributed by atoms with Gasteiger partial charge >= 0.3 is 0 Å². The minimum atomic E-state index is 0.697. The zero-order chi connectivity index (χ0) is 6.24. The molecule has 8 heavy (non-hydrogen) atoms. The largest absolute Gasteiger partial charge is 0.126 e. The van der Waals surface area contributed by atoms with Crippen LogP contribution in [0.5, 0.6) is 0 Å². The Bertz CT molecular complexity index is 90.4. The van der Waals surface area contributed by atoms with Crippen molar-refractivity contribution in [1.29, 1.82) is 0 Å². The highest BCUT2D eigenvalue weighted by molar-refractivity contribution is 8.03. The van der Waals surface area contributed by atoms with E-state index in [9.17, 15) is 0 Å². The van der Waals surface area contributed by atoms with E-state index in [2.05, 4.69) is 11.2 Å². The van der Waals surface area contributed by atoms with E-state index in [-0.39, 0.29) is 0 Å². The Kier molecular flexibility index (Phi) is 7.38. The summed E-state index contributed by atoms with van der Waals surface area (Å²) in [5.74, 6) is 4.57. The number of hydrogen-bond acceptors (Lipinski definition) is 1. The summed E-state index contributed by atoms with van der Waals surface area (Å²) in [7, 11) is 0. The van der Waals surface area contributed by atoms with Crippen molar-refractivity contribution in [3.63, 3.8) is 0 Å². The fraction of sp³-hybridized carbons (Fsp3) is 0.667. The van der Waals surface area contributed by atoms with Crippen molar-refractivity contribution in [2.75, 3.05) is 11.6 Å². The fourth-order valence-electron chi connectivity index (χ4n) is 0.213. The molecule has 0 aromatic carbocycles. The molecule has 0 bridgehead atoms. The lowest BCUT2D eigenvalue weighted by Gasteiger charge is -1.79. The first-order valence-electron chi connectivity index (χ1n) is 2.57. The molecule has 0 aliphatic heterocycles. The summed E-state index contributed by atoms with van der Waals surface area (Å²) in [6, 6.07) is 0. The van der Waals surface area contributed by atoms with E-state index >= 15 is 0 Å². The van der Waals surface area contributed by atoms with Gasteiger partial charge in [-0.1, -0.05) is 24.6 Å². The number of thioether (sulfide) groups is 1. The highest BCUT2D eigenvalue weighted by Crippen LogP contribution is 1.96. The van der Waals surface area contributed by atoms with Crippen LogP contribution in [-0.4, -0.2) is 11.6 Å². The van der Waals surface area contributed by atoms with E-state index < -0.39 is 0 Å². The summed E-state index contributed by atoms with van der Waals surface area (Å²) < 4.78 is 0. The minimum absolute atomic E-state index is 0.697. The van der Waals surface area contributed by atoms with Gasteiger partial charge in [0.05, 0.1) is 0 Å². The zero-order valence-electron chi connectivity index (χ0n) is 4.91. The van der Waals surface area contributed by atoms with Crippen molar-refractivity contribution in [3.8, 4) is 11.2 Å². The van der Waals surface area contributed by atoms with E-state index in [1.165, 1.54) is 0 Å². The lowest BCUT2D eigenvalue weighted by Crippen LogP contribution is -1.72. The third-order valence-corrected chi connectivity index (χ3v) is 1.61. The molecule has 46 valence electrons. The van der Waals surface area contributed by atoms with E-state index in [0.29, 0.717) is 5.88 Å². The second-order valence-corrected chi connectivity index (χ2v) is 2.45. The van der Waals surface area contributed by atoms with Crippen molar-refractivity contribution in [3.05, 3.63) is 0 Å². The standard InChI is InChI=1S/C6H9ClS/c1-2-3-5-8-6-4-7/h2,4,6H2,1H3. The Labute approximate surface area is 60.0 Å². The molecular formula is C6H9ClS. The fourth-order valence-corrected chi connectivity index (χ4v) is 0.870. The smallest absolute Gasteiger partial charge is 0.0323 e. The van der Waals surface area contributed by atoms with E-state index in [4.69, 9.17) is 11.6 Å². The number of halogens is 1. The lowest BCUT2D eigenvalue weighted by molar-refractivity contribution is 1.28. The van der Waals surface area contributed by atoms with Gasteiger partial charge in [-0.3, -0.25) is 0 Å². The molecule has 0 atom stereocenters. The van der Waals surface area contributed by atoms with Crippen LogP contribution in [-0.2, 0) is 0 Å². The molecule has 0 unspecified atom stereocenters. The van der Waals surface area contributed by atoms with Crippen LogP contribution < -0.4 is 0 Å². The first-order valence-corrected chi connectivity index (χ1v) is 4.09. The Balaban J connectivity index is 2.90. The SMILES string of the molecule is CCC#CSCCCl.